The van der Waals surface area contributed by atoms with Gasteiger partial charge in [0, 0.05) is 6.04 Å². The molecule has 0 unspecified atom stereocenters. The van der Waals surface area contributed by atoms with E-state index >= 15 is 0 Å². The average molecular weight is 268 g/mol. The van der Waals surface area contributed by atoms with Gasteiger partial charge in [0.1, 0.15) is 5.00 Å². The zero-order chi connectivity index (χ0) is 13.6. The molecule has 1 aliphatic carbocycles. The van der Waals surface area contributed by atoms with Crippen LogP contribution in [0.25, 0.3) is 0 Å². The summed E-state index contributed by atoms with van der Waals surface area (Å²) >= 11 is 1.45. The fraction of sp³-hybridized carbons (Fsp3) is 0.692. The van der Waals surface area contributed by atoms with Crippen LogP contribution in [0.2, 0.25) is 0 Å². The lowest BCUT2D eigenvalue weighted by Crippen LogP contribution is -2.13. The van der Waals surface area contributed by atoms with Crippen molar-refractivity contribution in [3.8, 4) is 0 Å². The van der Waals surface area contributed by atoms with Crippen molar-refractivity contribution >= 4 is 22.3 Å². The Morgan fingerprint density at radius 3 is 2.56 bits per heavy atom. The van der Waals surface area contributed by atoms with Gasteiger partial charge < -0.3 is 10.1 Å². The summed E-state index contributed by atoms with van der Waals surface area (Å²) in [4.78, 5) is 15.8. The van der Waals surface area contributed by atoms with E-state index in [1.165, 1.54) is 11.3 Å². The lowest BCUT2D eigenvalue weighted by Gasteiger charge is -2.07. The Morgan fingerprint density at radius 2 is 2.06 bits per heavy atom. The number of thiazole rings is 1. The molecule has 1 aromatic heterocycles. The summed E-state index contributed by atoms with van der Waals surface area (Å²) in [5.74, 6) is -0.350. The third kappa shape index (κ3) is 1.90. The summed E-state index contributed by atoms with van der Waals surface area (Å²) in [5.41, 5.74) is 2.53. The highest BCUT2D eigenvalue weighted by Gasteiger charge is 2.65. The highest BCUT2D eigenvalue weighted by atomic mass is 32.1. The van der Waals surface area contributed by atoms with Crippen LogP contribution in [-0.2, 0) is 4.74 Å². The summed E-state index contributed by atoms with van der Waals surface area (Å²) in [6, 6.07) is 0.360. The number of ether oxygens (including phenoxy) is 1. The zero-order valence-corrected chi connectivity index (χ0v) is 12.4. The summed E-state index contributed by atoms with van der Waals surface area (Å²) < 4.78 is 5.00. The molecular formula is C13H20N2O2S. The molecule has 1 heterocycles. The topological polar surface area (TPSA) is 51.2 Å². The van der Waals surface area contributed by atoms with Crippen molar-refractivity contribution in [2.45, 2.75) is 40.7 Å². The second kappa shape index (κ2) is 4.23. The molecule has 0 aromatic carbocycles. The van der Waals surface area contributed by atoms with E-state index in [0.717, 1.165) is 5.00 Å². The van der Waals surface area contributed by atoms with Crippen LogP contribution in [0.4, 0.5) is 5.00 Å². The van der Waals surface area contributed by atoms with Crippen molar-refractivity contribution < 1.29 is 9.53 Å². The number of aromatic nitrogens is 1. The minimum atomic E-state index is -0.350. The number of anilines is 1. The van der Waals surface area contributed by atoms with E-state index < -0.39 is 0 Å². The quantitative estimate of drug-likeness (QED) is 0.852. The van der Waals surface area contributed by atoms with Gasteiger partial charge >= 0.3 is 5.97 Å². The number of nitrogens with one attached hydrogen (secondary N) is 1. The average Bonchev–Trinajstić information content (AvgIpc) is 2.68. The molecule has 0 radical (unpaired) electrons. The van der Waals surface area contributed by atoms with Crippen molar-refractivity contribution in [1.82, 2.24) is 4.98 Å². The molecule has 1 N–H and O–H groups in total. The number of nitrogens with zero attached hydrogens (tertiary/aromatic N) is 1. The number of carbonyl (C=O) groups excluding carboxylic acids is 1. The third-order valence-electron chi connectivity index (χ3n) is 4.33. The van der Waals surface area contributed by atoms with E-state index in [1.54, 1.807) is 12.4 Å². The fourth-order valence-electron chi connectivity index (χ4n) is 2.38. The Bertz CT molecular complexity index is 451. The van der Waals surface area contributed by atoms with Gasteiger partial charge in [0.2, 0.25) is 0 Å². The number of hydrogen-bond acceptors (Lipinski definition) is 5. The normalized spacial score (nSPS) is 20.5. The molecule has 1 fully saturated rings. The van der Waals surface area contributed by atoms with Crippen LogP contribution in [0, 0.1) is 10.8 Å². The second-order valence-corrected chi connectivity index (χ2v) is 6.63. The van der Waals surface area contributed by atoms with Crippen molar-refractivity contribution in [2.24, 2.45) is 10.8 Å². The second-order valence-electron chi connectivity index (χ2n) is 5.77. The van der Waals surface area contributed by atoms with Crippen LogP contribution < -0.4 is 5.32 Å². The van der Waals surface area contributed by atoms with Gasteiger partial charge in [0.15, 0.2) is 5.69 Å². The van der Waals surface area contributed by atoms with Crippen molar-refractivity contribution in [3.63, 3.8) is 0 Å². The van der Waals surface area contributed by atoms with Gasteiger partial charge in [-0.25, -0.2) is 9.78 Å². The fourth-order valence-corrected chi connectivity index (χ4v) is 3.08. The molecule has 100 valence electrons. The lowest BCUT2D eigenvalue weighted by atomic mass is 10.0. The maximum absolute atomic E-state index is 11.7. The standard InChI is InChI=1S/C13H20N2O2S/c1-6-17-10(16)8-9(18-7-14-8)15-11-12(2,3)13(11,4)5/h7,11,15H,6H2,1-5H3. The Labute approximate surface area is 112 Å². The highest BCUT2D eigenvalue weighted by molar-refractivity contribution is 7.14. The molecule has 0 saturated heterocycles. The first kappa shape index (κ1) is 13.3. The molecule has 5 heteroatoms. The minimum Gasteiger partial charge on any atom is -0.461 e. The van der Waals surface area contributed by atoms with Crippen LogP contribution >= 0.6 is 11.3 Å². The van der Waals surface area contributed by atoms with Crippen LogP contribution in [0.15, 0.2) is 5.51 Å². The number of rotatable bonds is 4. The molecule has 0 spiro atoms. The first-order valence-corrected chi connectivity index (χ1v) is 7.07. The molecule has 0 bridgehead atoms. The molecule has 18 heavy (non-hydrogen) atoms. The Balaban J connectivity index is 2.13. The predicted octanol–water partition coefficient (Wildman–Crippen LogP) is 3.17. The van der Waals surface area contributed by atoms with Gasteiger partial charge in [0.05, 0.1) is 12.1 Å². The van der Waals surface area contributed by atoms with Crippen LogP contribution in [0.3, 0.4) is 0 Å². The monoisotopic (exact) mass is 268 g/mol. The van der Waals surface area contributed by atoms with E-state index in [-0.39, 0.29) is 16.8 Å². The van der Waals surface area contributed by atoms with Crippen LogP contribution in [0.1, 0.15) is 45.1 Å². The summed E-state index contributed by atoms with van der Waals surface area (Å²) in [5, 5.41) is 4.26. The van der Waals surface area contributed by atoms with Gasteiger partial charge in [0.25, 0.3) is 0 Å². The maximum atomic E-state index is 11.7. The number of esters is 1. The van der Waals surface area contributed by atoms with Crippen LogP contribution in [0.5, 0.6) is 0 Å². The SMILES string of the molecule is CCOC(=O)c1ncsc1NC1C(C)(C)C1(C)C. The van der Waals surface area contributed by atoms with Gasteiger partial charge in [-0.2, -0.15) is 0 Å². The van der Waals surface area contributed by atoms with Crippen LogP contribution in [-0.4, -0.2) is 23.6 Å². The van der Waals surface area contributed by atoms with Crippen molar-refractivity contribution in [1.29, 1.82) is 0 Å². The highest BCUT2D eigenvalue weighted by Crippen LogP contribution is 2.64. The van der Waals surface area contributed by atoms with Crippen molar-refractivity contribution in [3.05, 3.63) is 11.2 Å². The molecular weight excluding hydrogens is 248 g/mol. The Hall–Kier alpha value is -1.10. The van der Waals surface area contributed by atoms with Gasteiger partial charge in [-0.15, -0.1) is 11.3 Å². The summed E-state index contributed by atoms with van der Waals surface area (Å²) in [7, 11) is 0. The van der Waals surface area contributed by atoms with E-state index in [1.807, 2.05) is 0 Å². The van der Waals surface area contributed by atoms with E-state index in [2.05, 4.69) is 38.0 Å². The Kier molecular flexibility index (Phi) is 3.13. The van der Waals surface area contributed by atoms with Gasteiger partial charge in [-0.05, 0) is 17.8 Å². The number of carbonyl (C=O) groups is 1. The van der Waals surface area contributed by atoms with E-state index in [9.17, 15) is 4.79 Å². The molecule has 1 aromatic rings. The summed E-state index contributed by atoms with van der Waals surface area (Å²) in [6.07, 6.45) is 0. The molecule has 4 nitrogen and oxygen atoms in total. The Morgan fingerprint density at radius 1 is 1.44 bits per heavy atom. The smallest absolute Gasteiger partial charge is 0.360 e. The minimum absolute atomic E-state index is 0.225. The largest absolute Gasteiger partial charge is 0.461 e. The first-order valence-electron chi connectivity index (χ1n) is 6.19. The van der Waals surface area contributed by atoms with Gasteiger partial charge in [-0.3, -0.25) is 0 Å². The van der Waals surface area contributed by atoms with Crippen molar-refractivity contribution in [2.75, 3.05) is 11.9 Å². The zero-order valence-electron chi connectivity index (χ0n) is 11.5. The molecule has 2 rings (SSSR count). The van der Waals surface area contributed by atoms with Gasteiger partial charge in [-0.1, -0.05) is 27.7 Å². The molecule has 0 amide bonds. The molecule has 1 saturated carbocycles. The van der Waals surface area contributed by atoms with E-state index in [4.69, 9.17) is 4.74 Å². The lowest BCUT2D eigenvalue weighted by molar-refractivity contribution is 0.0521. The van der Waals surface area contributed by atoms with E-state index in [0.29, 0.717) is 18.3 Å². The molecule has 1 aliphatic rings. The third-order valence-corrected chi connectivity index (χ3v) is 5.09. The molecule has 0 atom stereocenters. The predicted molar refractivity (Wildman–Crippen MR) is 73.0 cm³/mol. The molecule has 0 aliphatic heterocycles. The first-order chi connectivity index (χ1) is 8.32. The maximum Gasteiger partial charge on any atom is 0.360 e. The number of hydrogen-bond donors (Lipinski definition) is 1. The summed E-state index contributed by atoms with van der Waals surface area (Å²) in [6.45, 7) is 11.1.